The standard InChI is InChI=1S/C15H24N6S.HI/c1-4-7-8-17-14(16-6-3)20-9-11-21(12-10-20)15-18-13(5-2)19-22-15;/h1H,5-12H2,2-3H3,(H,16,17);1H. The second-order valence-electron chi connectivity index (χ2n) is 5.01. The number of terminal acetylenes is 1. The molecule has 2 rings (SSSR count). The molecule has 0 spiro atoms. The summed E-state index contributed by atoms with van der Waals surface area (Å²) in [5.74, 6) is 4.53. The normalized spacial score (nSPS) is 15.1. The second kappa shape index (κ2) is 10.6. The topological polar surface area (TPSA) is 56.7 Å². The van der Waals surface area contributed by atoms with E-state index in [9.17, 15) is 0 Å². The van der Waals surface area contributed by atoms with Crippen molar-refractivity contribution in [2.75, 3.05) is 44.2 Å². The van der Waals surface area contributed by atoms with E-state index in [1.807, 2.05) is 0 Å². The van der Waals surface area contributed by atoms with Crippen LogP contribution in [-0.2, 0) is 6.42 Å². The van der Waals surface area contributed by atoms with Crippen LogP contribution in [0.2, 0.25) is 0 Å². The van der Waals surface area contributed by atoms with Gasteiger partial charge in [0.05, 0.1) is 6.54 Å². The third-order valence-corrected chi connectivity index (χ3v) is 4.29. The van der Waals surface area contributed by atoms with Crippen molar-refractivity contribution in [2.24, 2.45) is 4.99 Å². The molecule has 1 N–H and O–H groups in total. The number of aliphatic imine (C=N–C) groups is 1. The number of anilines is 1. The summed E-state index contributed by atoms with van der Waals surface area (Å²) >= 11 is 1.50. The molecule has 0 aliphatic carbocycles. The van der Waals surface area contributed by atoms with Crippen molar-refractivity contribution in [1.29, 1.82) is 0 Å². The minimum atomic E-state index is 0. The predicted molar refractivity (Wildman–Crippen MR) is 108 cm³/mol. The Morgan fingerprint density at radius 1 is 1.35 bits per heavy atom. The van der Waals surface area contributed by atoms with Gasteiger partial charge in [0.2, 0.25) is 5.13 Å². The quantitative estimate of drug-likeness (QED) is 0.245. The number of hydrogen-bond acceptors (Lipinski definition) is 5. The second-order valence-corrected chi connectivity index (χ2v) is 5.74. The van der Waals surface area contributed by atoms with E-state index in [0.29, 0.717) is 13.0 Å². The highest BCUT2D eigenvalue weighted by atomic mass is 127. The van der Waals surface area contributed by atoms with Gasteiger partial charge in [-0.15, -0.1) is 36.3 Å². The SMILES string of the molecule is C#CCCN=C(NCC)N1CCN(c2nc(CC)ns2)CC1.I. The Hall–Kier alpha value is -1.08. The number of nitrogens with zero attached hydrogens (tertiary/aromatic N) is 5. The maximum Gasteiger partial charge on any atom is 0.205 e. The average molecular weight is 448 g/mol. The summed E-state index contributed by atoms with van der Waals surface area (Å²) in [6, 6.07) is 0. The van der Waals surface area contributed by atoms with E-state index >= 15 is 0 Å². The Morgan fingerprint density at radius 3 is 2.65 bits per heavy atom. The van der Waals surface area contributed by atoms with Crippen LogP contribution in [0.3, 0.4) is 0 Å². The van der Waals surface area contributed by atoms with Crippen LogP contribution in [-0.4, -0.2) is 59.5 Å². The number of piperazine rings is 1. The molecule has 8 heteroatoms. The highest BCUT2D eigenvalue weighted by Gasteiger charge is 2.21. The highest BCUT2D eigenvalue weighted by Crippen LogP contribution is 2.19. The van der Waals surface area contributed by atoms with Gasteiger partial charge < -0.3 is 15.1 Å². The number of halogens is 1. The smallest absolute Gasteiger partial charge is 0.205 e. The zero-order valence-corrected chi connectivity index (χ0v) is 16.9. The van der Waals surface area contributed by atoms with E-state index in [2.05, 4.69) is 49.2 Å². The van der Waals surface area contributed by atoms with E-state index in [1.54, 1.807) is 0 Å². The lowest BCUT2D eigenvalue weighted by Gasteiger charge is -2.36. The molecule has 1 aromatic heterocycles. The van der Waals surface area contributed by atoms with Crippen molar-refractivity contribution in [2.45, 2.75) is 26.7 Å². The summed E-state index contributed by atoms with van der Waals surface area (Å²) in [7, 11) is 0. The first-order valence-electron chi connectivity index (χ1n) is 7.82. The summed E-state index contributed by atoms with van der Waals surface area (Å²) in [6.07, 6.45) is 6.86. The number of nitrogens with one attached hydrogen (secondary N) is 1. The molecule has 1 aliphatic rings. The molecule has 23 heavy (non-hydrogen) atoms. The average Bonchev–Trinajstić information content (AvgIpc) is 3.03. The third kappa shape index (κ3) is 5.80. The first-order chi connectivity index (χ1) is 10.8. The Labute approximate surface area is 159 Å². The van der Waals surface area contributed by atoms with Gasteiger partial charge >= 0.3 is 0 Å². The monoisotopic (exact) mass is 448 g/mol. The Balaban J connectivity index is 0.00000264. The number of hydrogen-bond donors (Lipinski definition) is 1. The molecule has 0 amide bonds. The maximum atomic E-state index is 5.29. The summed E-state index contributed by atoms with van der Waals surface area (Å²) in [5, 5.41) is 4.38. The molecule has 1 saturated heterocycles. The summed E-state index contributed by atoms with van der Waals surface area (Å²) < 4.78 is 4.36. The molecule has 2 heterocycles. The molecule has 0 saturated carbocycles. The lowest BCUT2D eigenvalue weighted by Crippen LogP contribution is -2.52. The summed E-state index contributed by atoms with van der Waals surface area (Å²) in [4.78, 5) is 13.7. The molecular weight excluding hydrogens is 423 g/mol. The molecular formula is C15H25IN6S. The van der Waals surface area contributed by atoms with Crippen LogP contribution in [0, 0.1) is 12.3 Å². The van der Waals surface area contributed by atoms with Gasteiger partial charge in [-0.1, -0.05) is 6.92 Å². The fraction of sp³-hybridized carbons (Fsp3) is 0.667. The first kappa shape index (κ1) is 20.0. The third-order valence-electron chi connectivity index (χ3n) is 3.48. The van der Waals surface area contributed by atoms with Crippen molar-refractivity contribution in [1.82, 2.24) is 19.6 Å². The van der Waals surface area contributed by atoms with Crippen LogP contribution >= 0.6 is 35.5 Å². The first-order valence-corrected chi connectivity index (χ1v) is 8.60. The molecule has 0 atom stereocenters. The van der Waals surface area contributed by atoms with Crippen LogP contribution in [0.5, 0.6) is 0 Å². The van der Waals surface area contributed by atoms with Crippen molar-refractivity contribution in [3.05, 3.63) is 5.82 Å². The van der Waals surface area contributed by atoms with Gasteiger partial charge in [-0.2, -0.15) is 4.37 Å². The van der Waals surface area contributed by atoms with Gasteiger partial charge in [-0.3, -0.25) is 4.99 Å². The Bertz CT molecular complexity index is 530. The molecule has 0 bridgehead atoms. The van der Waals surface area contributed by atoms with Crippen LogP contribution < -0.4 is 10.2 Å². The fourth-order valence-corrected chi connectivity index (χ4v) is 3.08. The molecule has 1 aliphatic heterocycles. The van der Waals surface area contributed by atoms with Crippen molar-refractivity contribution in [3.63, 3.8) is 0 Å². The maximum absolute atomic E-state index is 5.29. The minimum absolute atomic E-state index is 0. The number of rotatable bonds is 5. The Kier molecular flexibility index (Phi) is 9.24. The molecule has 0 unspecified atom stereocenters. The molecule has 6 nitrogen and oxygen atoms in total. The lowest BCUT2D eigenvalue weighted by molar-refractivity contribution is 0.372. The Morgan fingerprint density at radius 2 is 2.09 bits per heavy atom. The van der Waals surface area contributed by atoms with E-state index in [-0.39, 0.29) is 24.0 Å². The van der Waals surface area contributed by atoms with Gasteiger partial charge in [0, 0.05) is 57.1 Å². The number of aromatic nitrogens is 2. The van der Waals surface area contributed by atoms with Gasteiger partial charge in [0.25, 0.3) is 0 Å². The zero-order chi connectivity index (χ0) is 15.8. The van der Waals surface area contributed by atoms with Crippen LogP contribution in [0.15, 0.2) is 4.99 Å². The van der Waals surface area contributed by atoms with Gasteiger partial charge in [0.15, 0.2) is 5.96 Å². The number of guanidine groups is 1. The predicted octanol–water partition coefficient (Wildman–Crippen LogP) is 1.83. The molecule has 1 fully saturated rings. The van der Waals surface area contributed by atoms with E-state index in [1.165, 1.54) is 11.5 Å². The minimum Gasteiger partial charge on any atom is -0.357 e. The van der Waals surface area contributed by atoms with E-state index < -0.39 is 0 Å². The summed E-state index contributed by atoms with van der Waals surface area (Å²) in [5.41, 5.74) is 0. The summed E-state index contributed by atoms with van der Waals surface area (Å²) in [6.45, 7) is 9.46. The van der Waals surface area contributed by atoms with Crippen LogP contribution in [0.1, 0.15) is 26.1 Å². The highest BCUT2D eigenvalue weighted by molar-refractivity contribution is 14.0. The van der Waals surface area contributed by atoms with E-state index in [0.717, 1.165) is 56.1 Å². The number of aryl methyl sites for hydroxylation is 1. The van der Waals surface area contributed by atoms with Crippen molar-refractivity contribution < 1.29 is 0 Å². The lowest BCUT2D eigenvalue weighted by atomic mass is 10.3. The molecule has 1 aromatic rings. The zero-order valence-electron chi connectivity index (χ0n) is 13.8. The van der Waals surface area contributed by atoms with Crippen LogP contribution in [0.25, 0.3) is 0 Å². The fourth-order valence-electron chi connectivity index (χ4n) is 2.28. The molecule has 0 radical (unpaired) electrons. The van der Waals surface area contributed by atoms with Gasteiger partial charge in [0.1, 0.15) is 5.82 Å². The van der Waals surface area contributed by atoms with E-state index in [4.69, 9.17) is 6.42 Å². The molecule has 128 valence electrons. The van der Waals surface area contributed by atoms with Crippen molar-refractivity contribution in [3.8, 4) is 12.3 Å². The largest absolute Gasteiger partial charge is 0.357 e. The van der Waals surface area contributed by atoms with Gasteiger partial charge in [-0.05, 0) is 6.92 Å². The van der Waals surface area contributed by atoms with Crippen LogP contribution in [0.4, 0.5) is 5.13 Å². The van der Waals surface area contributed by atoms with Crippen molar-refractivity contribution >= 4 is 46.6 Å². The van der Waals surface area contributed by atoms with Gasteiger partial charge in [-0.25, -0.2) is 4.98 Å². The molecule has 0 aromatic carbocycles.